The van der Waals surface area contributed by atoms with Gasteiger partial charge >= 0.3 is 0 Å². The van der Waals surface area contributed by atoms with Crippen LogP contribution >= 0.6 is 0 Å². The average molecular weight is 570 g/mol. The smallest absolute Gasteiger partial charge is 0.241 e. The summed E-state index contributed by atoms with van der Waals surface area (Å²) in [5, 5.41) is 0. The molecule has 3 aromatic carbocycles. The summed E-state index contributed by atoms with van der Waals surface area (Å²) >= 11 is -1.84. The first-order valence-corrected chi connectivity index (χ1v) is 16.1. The minimum atomic E-state index is -3.90. The molecule has 0 aliphatic carbocycles. The highest BCUT2D eigenvalue weighted by Crippen LogP contribution is 2.38. The van der Waals surface area contributed by atoms with Crippen molar-refractivity contribution in [3.63, 3.8) is 0 Å². The minimum Gasteiger partial charge on any atom is -0.279 e. The van der Waals surface area contributed by atoms with Crippen molar-refractivity contribution in [1.82, 2.24) is 4.72 Å². The standard InChI is InChI=1S/C32H43NO4S2/c1-21(2)26-19-28(22(3)4)30(29(20-26)23(5)6)38(34)37-32(8,9)31(25-13-11-10-12-14-25)33-39(35,36)27-17-15-24(7)16-18-27/h10-23,31,33H,1-9H3/t31-,38-/m0/s1. The van der Waals surface area contributed by atoms with Crippen molar-refractivity contribution in [2.24, 2.45) is 0 Å². The van der Waals surface area contributed by atoms with Gasteiger partial charge in [0.2, 0.25) is 10.0 Å². The second-order valence-electron chi connectivity index (χ2n) is 11.7. The fourth-order valence-corrected chi connectivity index (χ4v) is 7.47. The van der Waals surface area contributed by atoms with Gasteiger partial charge in [0.1, 0.15) is 5.60 Å². The molecule has 39 heavy (non-hydrogen) atoms. The summed E-state index contributed by atoms with van der Waals surface area (Å²) < 4.78 is 50.3. The van der Waals surface area contributed by atoms with Gasteiger partial charge in [-0.1, -0.05) is 102 Å². The number of benzene rings is 3. The predicted molar refractivity (Wildman–Crippen MR) is 161 cm³/mol. The maximum Gasteiger partial charge on any atom is 0.241 e. The highest BCUT2D eigenvalue weighted by atomic mass is 32.2. The van der Waals surface area contributed by atoms with Gasteiger partial charge in [0.25, 0.3) is 0 Å². The fourth-order valence-electron chi connectivity index (χ4n) is 4.56. The summed E-state index contributed by atoms with van der Waals surface area (Å²) in [6.45, 7) is 18.2. The molecule has 2 atom stereocenters. The Labute approximate surface area is 238 Å². The van der Waals surface area contributed by atoms with Crippen molar-refractivity contribution < 1.29 is 16.8 Å². The average Bonchev–Trinajstić information content (AvgIpc) is 2.86. The van der Waals surface area contributed by atoms with Crippen LogP contribution < -0.4 is 4.72 Å². The van der Waals surface area contributed by atoms with E-state index >= 15 is 0 Å². The molecule has 0 aromatic heterocycles. The number of hydrogen-bond donors (Lipinski definition) is 1. The van der Waals surface area contributed by atoms with Gasteiger partial charge in [0, 0.05) is 0 Å². The second-order valence-corrected chi connectivity index (χ2v) is 14.5. The van der Waals surface area contributed by atoms with Crippen molar-refractivity contribution in [2.45, 2.75) is 102 Å². The molecule has 0 saturated carbocycles. The number of rotatable bonds is 11. The lowest BCUT2D eigenvalue weighted by Gasteiger charge is -2.35. The molecule has 0 spiro atoms. The zero-order valence-electron chi connectivity index (χ0n) is 24.6. The number of hydrogen-bond acceptors (Lipinski definition) is 4. The SMILES string of the molecule is Cc1ccc(S(=O)(=O)N[C@@H](c2ccccc2)C(C)(C)O[S@](=O)c2c(C(C)C)cc(C(C)C)cc2C(C)C)cc1. The van der Waals surface area contributed by atoms with E-state index in [2.05, 4.69) is 58.4 Å². The Morgan fingerprint density at radius 3 is 1.74 bits per heavy atom. The maximum atomic E-state index is 14.1. The zero-order chi connectivity index (χ0) is 29.1. The van der Waals surface area contributed by atoms with Crippen molar-refractivity contribution in [2.75, 3.05) is 0 Å². The molecule has 0 unspecified atom stereocenters. The molecule has 3 rings (SSSR count). The number of sulfonamides is 1. The Bertz CT molecular complexity index is 1360. The summed E-state index contributed by atoms with van der Waals surface area (Å²) in [4.78, 5) is 0.852. The quantitative estimate of drug-likeness (QED) is 0.255. The van der Waals surface area contributed by atoms with E-state index in [0.29, 0.717) is 10.8 Å². The van der Waals surface area contributed by atoms with Gasteiger partial charge < -0.3 is 0 Å². The third-order valence-electron chi connectivity index (χ3n) is 6.97. The van der Waals surface area contributed by atoms with E-state index < -0.39 is 32.7 Å². The molecule has 0 radical (unpaired) electrons. The van der Waals surface area contributed by atoms with Crippen LogP contribution in [0.3, 0.4) is 0 Å². The molecule has 5 nitrogen and oxygen atoms in total. The largest absolute Gasteiger partial charge is 0.279 e. The van der Waals surface area contributed by atoms with Crippen LogP contribution in [0.15, 0.2) is 76.5 Å². The minimum absolute atomic E-state index is 0.136. The van der Waals surface area contributed by atoms with Gasteiger partial charge in [-0.25, -0.2) is 17.3 Å². The molecule has 1 N–H and O–H groups in total. The lowest BCUT2D eigenvalue weighted by atomic mass is 9.89. The third kappa shape index (κ3) is 7.46. The van der Waals surface area contributed by atoms with E-state index in [0.717, 1.165) is 22.3 Å². The Kier molecular flexibility index (Phi) is 9.97. The normalized spacial score (nSPS) is 14.3. The van der Waals surface area contributed by atoms with E-state index in [1.165, 1.54) is 5.56 Å². The van der Waals surface area contributed by atoms with Crippen LogP contribution in [0.2, 0.25) is 0 Å². The van der Waals surface area contributed by atoms with Gasteiger partial charge in [-0.15, -0.1) is 0 Å². The highest BCUT2D eigenvalue weighted by Gasteiger charge is 2.38. The van der Waals surface area contributed by atoms with Crippen LogP contribution in [-0.4, -0.2) is 18.2 Å². The van der Waals surface area contributed by atoms with E-state index in [1.54, 1.807) is 38.1 Å². The molecule has 0 aliphatic heterocycles. The van der Waals surface area contributed by atoms with Crippen molar-refractivity contribution in [1.29, 1.82) is 0 Å². The topological polar surface area (TPSA) is 72.5 Å². The molecule has 7 heteroatoms. The lowest BCUT2D eigenvalue weighted by Crippen LogP contribution is -2.44. The van der Waals surface area contributed by atoms with E-state index in [9.17, 15) is 12.6 Å². The van der Waals surface area contributed by atoms with Crippen LogP contribution in [-0.2, 0) is 25.3 Å². The van der Waals surface area contributed by atoms with Crippen molar-refractivity contribution in [3.05, 3.63) is 94.5 Å². The number of nitrogens with one attached hydrogen (secondary N) is 1. The van der Waals surface area contributed by atoms with Crippen LogP contribution in [0, 0.1) is 6.92 Å². The Balaban J connectivity index is 2.08. The second kappa shape index (κ2) is 12.5. The van der Waals surface area contributed by atoms with Crippen LogP contribution in [0.25, 0.3) is 0 Å². The Morgan fingerprint density at radius 1 is 0.769 bits per heavy atom. The Hall–Kier alpha value is -2.32. The predicted octanol–water partition coefficient (Wildman–Crippen LogP) is 7.90. The maximum absolute atomic E-state index is 14.1. The molecule has 0 bridgehead atoms. The number of aryl methyl sites for hydroxylation is 1. The summed E-state index contributed by atoms with van der Waals surface area (Å²) in [6.07, 6.45) is 0. The highest BCUT2D eigenvalue weighted by molar-refractivity contribution is 7.89. The first-order chi connectivity index (χ1) is 18.1. The van der Waals surface area contributed by atoms with Crippen LogP contribution in [0.4, 0.5) is 0 Å². The van der Waals surface area contributed by atoms with E-state index in [4.69, 9.17) is 4.18 Å². The molecule has 0 aliphatic rings. The van der Waals surface area contributed by atoms with Gasteiger partial charge in [0.05, 0.1) is 15.8 Å². The first kappa shape index (κ1) is 31.2. The summed E-state index contributed by atoms with van der Waals surface area (Å²) in [6, 6.07) is 19.5. The summed E-state index contributed by atoms with van der Waals surface area (Å²) in [5.41, 5.74) is 3.72. The molecule has 0 amide bonds. The Morgan fingerprint density at radius 2 is 1.28 bits per heavy atom. The summed E-state index contributed by atoms with van der Waals surface area (Å²) in [7, 11) is -3.90. The first-order valence-electron chi connectivity index (χ1n) is 13.6. The molecule has 3 aromatic rings. The molecule has 212 valence electrons. The summed E-state index contributed by atoms with van der Waals surface area (Å²) in [5.74, 6) is 0.604. The van der Waals surface area contributed by atoms with Crippen molar-refractivity contribution >= 4 is 21.1 Å². The van der Waals surface area contributed by atoms with Crippen LogP contribution in [0.5, 0.6) is 0 Å². The van der Waals surface area contributed by atoms with E-state index in [1.807, 2.05) is 37.3 Å². The molecule has 0 saturated heterocycles. The van der Waals surface area contributed by atoms with Crippen LogP contribution in [0.1, 0.15) is 107 Å². The molecular formula is C32H43NO4S2. The van der Waals surface area contributed by atoms with Gasteiger partial charge in [-0.2, -0.15) is 0 Å². The monoisotopic (exact) mass is 569 g/mol. The molecular weight excluding hydrogens is 526 g/mol. The molecule has 0 heterocycles. The lowest BCUT2D eigenvalue weighted by molar-refractivity contribution is 0.0895. The fraction of sp³-hybridized carbons (Fsp3) is 0.438. The van der Waals surface area contributed by atoms with Gasteiger partial charge in [-0.3, -0.25) is 4.18 Å². The zero-order valence-corrected chi connectivity index (χ0v) is 26.2. The molecule has 0 fully saturated rings. The third-order valence-corrected chi connectivity index (χ3v) is 9.79. The van der Waals surface area contributed by atoms with E-state index in [-0.39, 0.29) is 16.7 Å². The van der Waals surface area contributed by atoms with Gasteiger partial charge in [-0.05, 0) is 72.9 Å². The van der Waals surface area contributed by atoms with Gasteiger partial charge in [0.15, 0.2) is 11.1 Å². The van der Waals surface area contributed by atoms with Crippen molar-refractivity contribution in [3.8, 4) is 0 Å².